The molecule has 1 atom stereocenters. The monoisotopic (exact) mass is 344 g/mol. The molecule has 0 aliphatic carbocycles. The second kappa shape index (κ2) is 6.37. The maximum absolute atomic E-state index is 12.1. The van der Waals surface area contributed by atoms with Gasteiger partial charge in [-0.25, -0.2) is 9.59 Å². The number of hydrogen-bond donors (Lipinski definition) is 1. The van der Waals surface area contributed by atoms with Crippen molar-refractivity contribution in [3.63, 3.8) is 0 Å². The van der Waals surface area contributed by atoms with Crippen molar-refractivity contribution in [1.82, 2.24) is 0 Å². The van der Waals surface area contributed by atoms with Gasteiger partial charge in [0.05, 0.1) is 6.61 Å². The van der Waals surface area contributed by atoms with Crippen LogP contribution in [0.2, 0.25) is 0 Å². The van der Waals surface area contributed by atoms with Crippen molar-refractivity contribution in [1.29, 1.82) is 0 Å². The predicted molar refractivity (Wildman–Crippen MR) is 91.6 cm³/mol. The van der Waals surface area contributed by atoms with Crippen LogP contribution in [-0.4, -0.2) is 29.4 Å². The molecule has 0 radical (unpaired) electrons. The lowest BCUT2D eigenvalue weighted by molar-refractivity contribution is -0.156. The first-order valence-corrected chi connectivity index (χ1v) is 8.04. The van der Waals surface area contributed by atoms with Gasteiger partial charge in [0.25, 0.3) is 0 Å². The van der Waals surface area contributed by atoms with Gasteiger partial charge in [0.1, 0.15) is 23.0 Å². The van der Waals surface area contributed by atoms with Crippen LogP contribution in [0, 0.1) is 0 Å². The molecule has 6 nitrogen and oxygen atoms in total. The number of esters is 1. The fourth-order valence-corrected chi connectivity index (χ4v) is 2.82. The summed E-state index contributed by atoms with van der Waals surface area (Å²) in [7, 11) is 0. The van der Waals surface area contributed by atoms with E-state index in [1.54, 1.807) is 19.1 Å². The molecule has 6 heteroatoms. The third-order valence-corrected chi connectivity index (χ3v) is 4.32. The molecule has 1 aromatic carbocycles. The summed E-state index contributed by atoms with van der Waals surface area (Å²) < 4.78 is 16.8. The molecule has 0 saturated carbocycles. The second-order valence-corrected chi connectivity index (χ2v) is 6.63. The molecule has 2 aromatic rings. The third-order valence-electron chi connectivity index (χ3n) is 4.32. The van der Waals surface area contributed by atoms with Crippen LogP contribution in [0.5, 0.6) is 5.75 Å². The summed E-state index contributed by atoms with van der Waals surface area (Å²) in [6.45, 7) is 5.05. The zero-order valence-corrected chi connectivity index (χ0v) is 14.4. The number of benzene rings is 1. The molecule has 1 N–H and O–H groups in total. The van der Waals surface area contributed by atoms with Crippen LogP contribution in [0.4, 0.5) is 0 Å². The highest BCUT2D eigenvalue weighted by Gasteiger charge is 2.40. The second-order valence-electron chi connectivity index (χ2n) is 6.63. The number of aliphatic hydroxyl groups excluding tert-OH is 1. The van der Waals surface area contributed by atoms with Crippen molar-refractivity contribution in [2.24, 2.45) is 0 Å². The number of carbonyl (C=O) groups is 1. The maximum Gasteiger partial charge on any atom is 0.336 e. The molecule has 0 amide bonds. The normalized spacial score (nSPS) is 19.2. The van der Waals surface area contributed by atoms with Crippen molar-refractivity contribution in [3.8, 4) is 5.75 Å². The Balaban J connectivity index is 1.93. The number of rotatable bonds is 3. The number of fused-ring (bicyclic) bond motifs is 2. The summed E-state index contributed by atoms with van der Waals surface area (Å²) in [6, 6.07) is 6.63. The van der Waals surface area contributed by atoms with Crippen LogP contribution in [0.25, 0.3) is 11.0 Å². The number of carbonyl (C=O) groups excluding carboxylic acids is 1. The van der Waals surface area contributed by atoms with E-state index in [1.807, 2.05) is 19.9 Å². The van der Waals surface area contributed by atoms with Gasteiger partial charge in [-0.3, -0.25) is 0 Å². The minimum Gasteiger partial charge on any atom is -0.484 e. The van der Waals surface area contributed by atoms with Crippen LogP contribution in [0.1, 0.15) is 26.3 Å². The molecule has 1 aromatic heterocycles. The molecular weight excluding hydrogens is 324 g/mol. The van der Waals surface area contributed by atoms with Crippen molar-refractivity contribution in [3.05, 3.63) is 51.9 Å². The SMILES string of the molecule is CC(=CCO)C(=O)OC1Cc2cc3ccc(=O)oc3cc2OC1(C)C. The van der Waals surface area contributed by atoms with E-state index in [0.717, 1.165) is 10.9 Å². The fourth-order valence-electron chi connectivity index (χ4n) is 2.82. The third kappa shape index (κ3) is 3.44. The Hall–Kier alpha value is -2.60. The number of aliphatic hydroxyl groups is 1. The molecule has 132 valence electrons. The van der Waals surface area contributed by atoms with E-state index in [-0.39, 0.29) is 6.61 Å². The summed E-state index contributed by atoms with van der Waals surface area (Å²) >= 11 is 0. The van der Waals surface area contributed by atoms with E-state index in [1.165, 1.54) is 12.1 Å². The zero-order chi connectivity index (χ0) is 18.2. The highest BCUT2D eigenvalue weighted by Crippen LogP contribution is 2.37. The van der Waals surface area contributed by atoms with E-state index in [2.05, 4.69) is 0 Å². The van der Waals surface area contributed by atoms with Crippen molar-refractivity contribution in [2.75, 3.05) is 6.61 Å². The van der Waals surface area contributed by atoms with Gasteiger partial charge in [0, 0.05) is 29.5 Å². The van der Waals surface area contributed by atoms with Crippen LogP contribution in [0.15, 0.2) is 45.1 Å². The van der Waals surface area contributed by atoms with Gasteiger partial charge >= 0.3 is 11.6 Å². The van der Waals surface area contributed by atoms with Gasteiger partial charge in [-0.05, 0) is 44.5 Å². The van der Waals surface area contributed by atoms with E-state index in [4.69, 9.17) is 19.0 Å². The summed E-state index contributed by atoms with van der Waals surface area (Å²) in [4.78, 5) is 23.5. The minimum absolute atomic E-state index is 0.217. The average Bonchev–Trinajstić information content (AvgIpc) is 2.53. The largest absolute Gasteiger partial charge is 0.484 e. The average molecular weight is 344 g/mol. The van der Waals surface area contributed by atoms with Gasteiger partial charge < -0.3 is 19.0 Å². The number of hydrogen-bond acceptors (Lipinski definition) is 6. The molecular formula is C19H20O6. The van der Waals surface area contributed by atoms with Crippen molar-refractivity contribution < 1.29 is 23.8 Å². The molecule has 2 heterocycles. The summed E-state index contributed by atoms with van der Waals surface area (Å²) in [5.41, 5.74) is 0.525. The van der Waals surface area contributed by atoms with Gasteiger partial charge in [-0.15, -0.1) is 0 Å². The van der Waals surface area contributed by atoms with Gasteiger partial charge in [-0.2, -0.15) is 0 Å². The molecule has 0 fully saturated rings. The number of ether oxygens (including phenoxy) is 2. The van der Waals surface area contributed by atoms with Gasteiger partial charge in [-0.1, -0.05) is 0 Å². The standard InChI is InChI=1S/C19H20O6/c1-11(6-7-20)18(22)24-16-9-13-8-12-4-5-17(21)23-14(12)10-15(13)25-19(16,2)3/h4-6,8,10,16,20H,7,9H2,1-3H3. The van der Waals surface area contributed by atoms with Crippen LogP contribution >= 0.6 is 0 Å². The molecule has 25 heavy (non-hydrogen) atoms. The fraction of sp³-hybridized carbons (Fsp3) is 0.368. The topological polar surface area (TPSA) is 86.0 Å². The Kier molecular flexibility index (Phi) is 4.39. The highest BCUT2D eigenvalue weighted by atomic mass is 16.6. The first-order chi connectivity index (χ1) is 11.8. The molecule has 0 saturated heterocycles. The Morgan fingerprint density at radius 1 is 1.40 bits per heavy atom. The molecule has 3 rings (SSSR count). The summed E-state index contributed by atoms with van der Waals surface area (Å²) in [5, 5.41) is 9.69. The van der Waals surface area contributed by atoms with E-state index < -0.39 is 23.3 Å². The van der Waals surface area contributed by atoms with Crippen LogP contribution < -0.4 is 10.4 Å². The van der Waals surface area contributed by atoms with Crippen LogP contribution in [-0.2, 0) is 16.0 Å². The van der Waals surface area contributed by atoms with Crippen molar-refractivity contribution in [2.45, 2.75) is 38.9 Å². The molecule has 0 bridgehead atoms. The summed E-state index contributed by atoms with van der Waals surface area (Å²) in [6.07, 6.45) is 1.40. The molecule has 1 aliphatic rings. The minimum atomic E-state index is -0.745. The lowest BCUT2D eigenvalue weighted by Gasteiger charge is -2.39. The molecule has 1 aliphatic heterocycles. The van der Waals surface area contributed by atoms with E-state index in [0.29, 0.717) is 23.3 Å². The van der Waals surface area contributed by atoms with Crippen LogP contribution in [0.3, 0.4) is 0 Å². The van der Waals surface area contributed by atoms with Gasteiger partial charge in [0.15, 0.2) is 0 Å². The van der Waals surface area contributed by atoms with Gasteiger partial charge in [0.2, 0.25) is 0 Å². The predicted octanol–water partition coefficient (Wildman–Crippen LogP) is 2.36. The van der Waals surface area contributed by atoms with Crippen molar-refractivity contribution >= 4 is 16.9 Å². The smallest absolute Gasteiger partial charge is 0.336 e. The Labute approximate surface area is 144 Å². The Morgan fingerprint density at radius 3 is 2.88 bits per heavy atom. The first-order valence-electron chi connectivity index (χ1n) is 8.04. The van der Waals surface area contributed by atoms with E-state index >= 15 is 0 Å². The Bertz CT molecular complexity index is 906. The maximum atomic E-state index is 12.1. The molecule has 0 spiro atoms. The Morgan fingerprint density at radius 2 is 2.16 bits per heavy atom. The quantitative estimate of drug-likeness (QED) is 0.523. The first kappa shape index (κ1) is 17.2. The zero-order valence-electron chi connectivity index (χ0n) is 14.4. The molecule has 1 unspecified atom stereocenters. The lowest BCUT2D eigenvalue weighted by atomic mass is 9.90. The lowest BCUT2D eigenvalue weighted by Crippen LogP contribution is -2.48. The van der Waals surface area contributed by atoms with E-state index in [9.17, 15) is 9.59 Å². The summed E-state index contributed by atoms with van der Waals surface area (Å²) in [5.74, 6) is 0.132. The highest BCUT2D eigenvalue weighted by molar-refractivity contribution is 5.88.